The van der Waals surface area contributed by atoms with E-state index in [-0.39, 0.29) is 11.8 Å². The zero-order chi connectivity index (χ0) is 16.9. The first-order valence-electron chi connectivity index (χ1n) is 8.85. The minimum atomic E-state index is -0.0627. The molecule has 0 unspecified atom stereocenters. The van der Waals surface area contributed by atoms with Crippen molar-refractivity contribution in [1.29, 1.82) is 0 Å². The van der Waals surface area contributed by atoms with E-state index in [4.69, 9.17) is 0 Å². The Kier molecular flexibility index (Phi) is 9.76. The molecule has 0 bridgehead atoms. The lowest BCUT2D eigenvalue weighted by Crippen LogP contribution is -2.24. The Hall–Kier alpha value is -1.84. The van der Waals surface area contributed by atoms with E-state index in [0.717, 1.165) is 31.4 Å². The summed E-state index contributed by atoms with van der Waals surface area (Å²) in [6.07, 6.45) is 8.30. The van der Waals surface area contributed by atoms with Crippen LogP contribution in [0.4, 0.5) is 5.69 Å². The minimum Gasteiger partial charge on any atom is -0.352 e. The first kappa shape index (κ1) is 19.2. The Labute approximate surface area is 140 Å². The highest BCUT2D eigenvalue weighted by Crippen LogP contribution is 2.11. The van der Waals surface area contributed by atoms with Crippen LogP contribution in [0.2, 0.25) is 0 Å². The van der Waals surface area contributed by atoms with Gasteiger partial charge in [-0.3, -0.25) is 9.59 Å². The quantitative estimate of drug-likeness (QED) is 0.590. The van der Waals surface area contributed by atoms with Crippen molar-refractivity contribution in [1.82, 2.24) is 5.32 Å². The molecule has 0 aliphatic rings. The van der Waals surface area contributed by atoms with Crippen LogP contribution < -0.4 is 10.6 Å². The maximum Gasteiger partial charge on any atom is 0.251 e. The third-order valence-electron chi connectivity index (χ3n) is 3.75. The molecule has 0 heterocycles. The topological polar surface area (TPSA) is 58.2 Å². The molecule has 128 valence electrons. The molecule has 2 N–H and O–H groups in total. The van der Waals surface area contributed by atoms with E-state index in [9.17, 15) is 9.59 Å². The van der Waals surface area contributed by atoms with E-state index < -0.39 is 0 Å². The van der Waals surface area contributed by atoms with Crippen molar-refractivity contribution in [2.45, 2.75) is 65.2 Å². The van der Waals surface area contributed by atoms with E-state index >= 15 is 0 Å². The second-order valence-corrected chi connectivity index (χ2v) is 5.90. The van der Waals surface area contributed by atoms with Crippen LogP contribution in [-0.2, 0) is 4.79 Å². The van der Waals surface area contributed by atoms with Crippen LogP contribution in [0.1, 0.15) is 75.6 Å². The van der Waals surface area contributed by atoms with Crippen LogP contribution in [0.5, 0.6) is 0 Å². The van der Waals surface area contributed by atoms with Crippen molar-refractivity contribution < 1.29 is 9.59 Å². The van der Waals surface area contributed by atoms with Crippen LogP contribution in [-0.4, -0.2) is 18.4 Å². The van der Waals surface area contributed by atoms with Crippen molar-refractivity contribution in [3.05, 3.63) is 29.8 Å². The van der Waals surface area contributed by atoms with Gasteiger partial charge in [0.15, 0.2) is 0 Å². The fourth-order valence-electron chi connectivity index (χ4n) is 2.30. The van der Waals surface area contributed by atoms with Gasteiger partial charge in [-0.05, 0) is 37.1 Å². The van der Waals surface area contributed by atoms with Gasteiger partial charge in [0.05, 0.1) is 0 Å². The normalized spacial score (nSPS) is 10.3. The molecule has 0 saturated carbocycles. The number of carbonyl (C=O) groups excluding carboxylic acids is 2. The molecule has 1 aromatic rings. The predicted molar refractivity (Wildman–Crippen MR) is 95.7 cm³/mol. The lowest BCUT2D eigenvalue weighted by atomic mass is 10.1. The number of nitrogens with one attached hydrogen (secondary N) is 2. The maximum absolute atomic E-state index is 11.9. The molecule has 23 heavy (non-hydrogen) atoms. The number of benzene rings is 1. The molecule has 1 aromatic carbocycles. The van der Waals surface area contributed by atoms with Gasteiger partial charge < -0.3 is 10.6 Å². The Morgan fingerprint density at radius 3 is 2.17 bits per heavy atom. The maximum atomic E-state index is 11.9. The van der Waals surface area contributed by atoms with Gasteiger partial charge in [0.25, 0.3) is 5.91 Å². The minimum absolute atomic E-state index is 0.0432. The summed E-state index contributed by atoms with van der Waals surface area (Å²) >= 11 is 0. The second kappa shape index (κ2) is 11.7. The SMILES string of the molecule is CCCCCCCC(=O)Nc1ccc(C(=O)NCCCC)cc1. The summed E-state index contributed by atoms with van der Waals surface area (Å²) in [7, 11) is 0. The molecule has 0 spiro atoms. The molecule has 0 aromatic heterocycles. The monoisotopic (exact) mass is 318 g/mol. The largest absolute Gasteiger partial charge is 0.352 e. The molecule has 4 nitrogen and oxygen atoms in total. The molecule has 4 heteroatoms. The summed E-state index contributed by atoms with van der Waals surface area (Å²) in [5.74, 6) is -0.0195. The number of carbonyl (C=O) groups is 2. The van der Waals surface area contributed by atoms with Crippen molar-refractivity contribution in [2.75, 3.05) is 11.9 Å². The zero-order valence-corrected chi connectivity index (χ0v) is 14.5. The predicted octanol–water partition coefficient (Wildman–Crippen LogP) is 4.52. The summed E-state index contributed by atoms with van der Waals surface area (Å²) in [5.41, 5.74) is 1.37. The summed E-state index contributed by atoms with van der Waals surface area (Å²) < 4.78 is 0. The molecule has 2 amide bonds. The van der Waals surface area contributed by atoms with Crippen LogP contribution in [0, 0.1) is 0 Å². The highest BCUT2D eigenvalue weighted by Gasteiger charge is 2.06. The Bertz CT molecular complexity index is 469. The average molecular weight is 318 g/mol. The van der Waals surface area contributed by atoms with E-state index in [0.29, 0.717) is 18.5 Å². The molecule has 0 radical (unpaired) electrons. The van der Waals surface area contributed by atoms with Crippen LogP contribution in [0.25, 0.3) is 0 Å². The highest BCUT2D eigenvalue weighted by atomic mass is 16.2. The fraction of sp³-hybridized carbons (Fsp3) is 0.579. The van der Waals surface area contributed by atoms with E-state index in [2.05, 4.69) is 24.5 Å². The fourth-order valence-corrected chi connectivity index (χ4v) is 2.30. The van der Waals surface area contributed by atoms with Gasteiger partial charge in [0.1, 0.15) is 0 Å². The molecular weight excluding hydrogens is 288 g/mol. The van der Waals surface area contributed by atoms with Crippen LogP contribution in [0.3, 0.4) is 0 Å². The number of unbranched alkanes of at least 4 members (excludes halogenated alkanes) is 5. The van der Waals surface area contributed by atoms with Crippen molar-refractivity contribution in [3.63, 3.8) is 0 Å². The number of hydrogen-bond acceptors (Lipinski definition) is 2. The Balaban J connectivity index is 2.32. The molecule has 0 aliphatic carbocycles. The third kappa shape index (κ3) is 8.38. The standard InChI is InChI=1S/C19H30N2O2/c1-3-5-7-8-9-10-18(22)21-17-13-11-16(12-14-17)19(23)20-15-6-4-2/h11-14H,3-10,15H2,1-2H3,(H,20,23)(H,21,22). The van der Waals surface area contributed by atoms with Gasteiger partial charge in [-0.25, -0.2) is 0 Å². The molecule has 0 saturated heterocycles. The van der Waals surface area contributed by atoms with Crippen molar-refractivity contribution in [2.24, 2.45) is 0 Å². The van der Waals surface area contributed by atoms with Gasteiger partial charge in [-0.15, -0.1) is 0 Å². The first-order valence-corrected chi connectivity index (χ1v) is 8.85. The van der Waals surface area contributed by atoms with Gasteiger partial charge in [-0.2, -0.15) is 0 Å². The molecular formula is C19H30N2O2. The average Bonchev–Trinajstić information content (AvgIpc) is 2.55. The first-order chi connectivity index (χ1) is 11.2. The molecule has 0 atom stereocenters. The summed E-state index contributed by atoms with van der Waals surface area (Å²) in [5, 5.41) is 5.76. The lowest BCUT2D eigenvalue weighted by Gasteiger charge is -2.07. The molecule has 0 aliphatic heterocycles. The van der Waals surface area contributed by atoms with E-state index in [1.165, 1.54) is 19.3 Å². The number of rotatable bonds is 11. The Morgan fingerprint density at radius 2 is 1.52 bits per heavy atom. The summed E-state index contributed by atoms with van der Waals surface area (Å²) in [6.45, 7) is 4.97. The third-order valence-corrected chi connectivity index (χ3v) is 3.75. The number of anilines is 1. The smallest absolute Gasteiger partial charge is 0.251 e. The van der Waals surface area contributed by atoms with Crippen LogP contribution >= 0.6 is 0 Å². The van der Waals surface area contributed by atoms with Crippen molar-refractivity contribution in [3.8, 4) is 0 Å². The van der Waals surface area contributed by atoms with Gasteiger partial charge >= 0.3 is 0 Å². The molecule has 0 fully saturated rings. The van der Waals surface area contributed by atoms with Gasteiger partial charge in [-0.1, -0.05) is 46.0 Å². The van der Waals surface area contributed by atoms with Crippen LogP contribution in [0.15, 0.2) is 24.3 Å². The van der Waals surface area contributed by atoms with Crippen molar-refractivity contribution >= 4 is 17.5 Å². The number of hydrogen-bond donors (Lipinski definition) is 2. The highest BCUT2D eigenvalue weighted by molar-refractivity contribution is 5.95. The van der Waals surface area contributed by atoms with Gasteiger partial charge in [0.2, 0.25) is 5.91 Å². The second-order valence-electron chi connectivity index (χ2n) is 5.90. The van der Waals surface area contributed by atoms with E-state index in [1.807, 2.05) is 0 Å². The summed E-state index contributed by atoms with van der Waals surface area (Å²) in [4.78, 5) is 23.7. The zero-order valence-electron chi connectivity index (χ0n) is 14.5. The summed E-state index contributed by atoms with van der Waals surface area (Å²) in [6, 6.07) is 7.06. The van der Waals surface area contributed by atoms with Gasteiger partial charge in [0, 0.05) is 24.2 Å². The number of amides is 2. The lowest BCUT2D eigenvalue weighted by molar-refractivity contribution is -0.116. The molecule has 1 rings (SSSR count). The van der Waals surface area contributed by atoms with E-state index in [1.54, 1.807) is 24.3 Å². The Morgan fingerprint density at radius 1 is 0.870 bits per heavy atom.